The second-order valence-electron chi connectivity index (χ2n) is 6.47. The van der Waals surface area contributed by atoms with E-state index in [9.17, 15) is 4.79 Å². The van der Waals surface area contributed by atoms with E-state index in [-0.39, 0.29) is 18.4 Å². The molecular formula is C20H18N4O3. The summed E-state index contributed by atoms with van der Waals surface area (Å²) in [4.78, 5) is 20.9. The van der Waals surface area contributed by atoms with Crippen LogP contribution in [0.2, 0.25) is 0 Å². The number of amides is 1. The number of aromatic nitrogens is 3. The molecule has 0 aliphatic rings. The van der Waals surface area contributed by atoms with Crippen LogP contribution in [0.1, 0.15) is 41.8 Å². The maximum Gasteiger partial charge on any atom is 0.253 e. The number of para-hydroxylation sites is 1. The van der Waals surface area contributed by atoms with E-state index in [0.29, 0.717) is 28.7 Å². The Morgan fingerprint density at radius 2 is 2.04 bits per heavy atom. The number of fused-ring (bicyclic) bond motifs is 1. The highest BCUT2D eigenvalue weighted by atomic mass is 16.5. The minimum Gasteiger partial charge on any atom is -0.454 e. The second kappa shape index (κ2) is 7.03. The molecule has 0 saturated heterocycles. The van der Waals surface area contributed by atoms with Gasteiger partial charge in [-0.3, -0.25) is 9.78 Å². The first kappa shape index (κ1) is 17.0. The molecular weight excluding hydrogens is 344 g/mol. The number of hydrogen-bond acceptors (Lipinski definition) is 6. The molecule has 136 valence electrons. The summed E-state index contributed by atoms with van der Waals surface area (Å²) < 4.78 is 10.9. The molecule has 0 aliphatic carbocycles. The fourth-order valence-corrected chi connectivity index (χ4v) is 2.62. The molecule has 27 heavy (non-hydrogen) atoms. The zero-order valence-corrected chi connectivity index (χ0v) is 15.0. The fraction of sp³-hybridized carbons (Fsp3) is 0.200. The summed E-state index contributed by atoms with van der Waals surface area (Å²) in [5.41, 5.74) is 1.92. The Morgan fingerprint density at radius 1 is 1.19 bits per heavy atom. The van der Waals surface area contributed by atoms with Crippen LogP contribution in [0, 0.1) is 0 Å². The summed E-state index contributed by atoms with van der Waals surface area (Å²) in [6.45, 7) is 4.12. The smallest absolute Gasteiger partial charge is 0.253 e. The van der Waals surface area contributed by atoms with Crippen molar-refractivity contribution in [2.75, 3.05) is 0 Å². The zero-order chi connectivity index (χ0) is 18.8. The third kappa shape index (κ3) is 3.57. The van der Waals surface area contributed by atoms with Gasteiger partial charge in [0.1, 0.15) is 11.3 Å². The molecule has 4 rings (SSSR count). The van der Waals surface area contributed by atoms with Gasteiger partial charge in [0.2, 0.25) is 5.89 Å². The first-order valence-corrected chi connectivity index (χ1v) is 8.66. The molecule has 0 spiro atoms. The van der Waals surface area contributed by atoms with Crippen molar-refractivity contribution >= 4 is 16.9 Å². The lowest BCUT2D eigenvalue weighted by Gasteiger charge is -2.03. The third-order valence-corrected chi connectivity index (χ3v) is 4.09. The lowest BCUT2D eigenvalue weighted by Crippen LogP contribution is -2.23. The van der Waals surface area contributed by atoms with Crippen LogP contribution >= 0.6 is 0 Å². The molecule has 1 amide bonds. The van der Waals surface area contributed by atoms with Gasteiger partial charge in [0.05, 0.1) is 12.1 Å². The molecule has 1 aromatic carbocycles. The van der Waals surface area contributed by atoms with Crippen LogP contribution in [0.4, 0.5) is 0 Å². The predicted molar refractivity (Wildman–Crippen MR) is 99.0 cm³/mol. The lowest BCUT2D eigenvalue weighted by atomic mass is 10.2. The number of nitrogens with zero attached hydrogens (tertiary/aromatic N) is 3. The fourth-order valence-electron chi connectivity index (χ4n) is 2.62. The standard InChI is InChI=1S/C20H18N4O3/c1-12(2)20-23-18(24-27-20)11-22-19(25)14-7-8-15(21-10-14)17-9-13-5-3-4-6-16(13)26-17/h3-10,12H,11H2,1-2H3,(H,22,25). The van der Waals surface area contributed by atoms with Gasteiger partial charge in [-0.05, 0) is 24.3 Å². The first-order chi connectivity index (χ1) is 13.1. The Labute approximate surface area is 155 Å². The van der Waals surface area contributed by atoms with E-state index in [0.717, 1.165) is 11.0 Å². The molecule has 0 unspecified atom stereocenters. The van der Waals surface area contributed by atoms with Crippen LogP contribution in [0.3, 0.4) is 0 Å². The Kier molecular flexibility index (Phi) is 4.42. The molecule has 1 N–H and O–H groups in total. The van der Waals surface area contributed by atoms with E-state index in [4.69, 9.17) is 8.94 Å². The molecule has 3 heterocycles. The third-order valence-electron chi connectivity index (χ3n) is 4.09. The van der Waals surface area contributed by atoms with Crippen LogP contribution in [0.25, 0.3) is 22.4 Å². The lowest BCUT2D eigenvalue weighted by molar-refractivity contribution is 0.0949. The van der Waals surface area contributed by atoms with Crippen molar-refractivity contribution in [2.24, 2.45) is 0 Å². The van der Waals surface area contributed by atoms with E-state index >= 15 is 0 Å². The molecule has 4 aromatic rings. The molecule has 7 heteroatoms. The van der Waals surface area contributed by atoms with Gasteiger partial charge >= 0.3 is 0 Å². The molecule has 0 atom stereocenters. The number of carbonyl (C=O) groups excluding carboxylic acids is 1. The van der Waals surface area contributed by atoms with Gasteiger partial charge in [-0.25, -0.2) is 0 Å². The van der Waals surface area contributed by atoms with Crippen molar-refractivity contribution < 1.29 is 13.7 Å². The van der Waals surface area contributed by atoms with E-state index in [1.165, 1.54) is 6.20 Å². The quantitative estimate of drug-likeness (QED) is 0.578. The van der Waals surface area contributed by atoms with Crippen molar-refractivity contribution in [2.45, 2.75) is 26.3 Å². The molecule has 7 nitrogen and oxygen atoms in total. The number of benzene rings is 1. The first-order valence-electron chi connectivity index (χ1n) is 8.66. The number of carbonyl (C=O) groups is 1. The Hall–Kier alpha value is -3.48. The van der Waals surface area contributed by atoms with E-state index < -0.39 is 0 Å². The average Bonchev–Trinajstić information content (AvgIpc) is 3.33. The van der Waals surface area contributed by atoms with Gasteiger partial charge in [-0.15, -0.1) is 0 Å². The molecule has 3 aromatic heterocycles. The Balaban J connectivity index is 1.44. The van der Waals surface area contributed by atoms with Gasteiger partial charge in [-0.2, -0.15) is 4.98 Å². The van der Waals surface area contributed by atoms with Crippen molar-refractivity contribution in [3.8, 4) is 11.5 Å². The van der Waals surface area contributed by atoms with Gasteiger partial charge in [0.25, 0.3) is 5.91 Å². The van der Waals surface area contributed by atoms with Crippen LogP contribution in [0.15, 0.2) is 57.6 Å². The van der Waals surface area contributed by atoms with Gasteiger partial charge in [-0.1, -0.05) is 37.2 Å². The number of rotatable bonds is 5. The number of nitrogens with one attached hydrogen (secondary N) is 1. The van der Waals surface area contributed by atoms with Crippen molar-refractivity contribution in [3.63, 3.8) is 0 Å². The highest BCUT2D eigenvalue weighted by Crippen LogP contribution is 2.26. The predicted octanol–water partition coefficient (Wildman–Crippen LogP) is 3.93. The van der Waals surface area contributed by atoms with Crippen molar-refractivity contribution in [1.82, 2.24) is 20.4 Å². The number of hydrogen-bond donors (Lipinski definition) is 1. The highest BCUT2D eigenvalue weighted by Gasteiger charge is 2.13. The van der Waals surface area contributed by atoms with E-state index in [1.807, 2.05) is 44.2 Å². The minimum absolute atomic E-state index is 0.150. The second-order valence-corrected chi connectivity index (χ2v) is 6.47. The summed E-state index contributed by atoms with van der Waals surface area (Å²) in [7, 11) is 0. The molecule has 0 saturated carbocycles. The van der Waals surface area contributed by atoms with E-state index in [1.54, 1.807) is 12.1 Å². The van der Waals surface area contributed by atoms with Gasteiger partial charge in [0, 0.05) is 17.5 Å². The monoisotopic (exact) mass is 362 g/mol. The van der Waals surface area contributed by atoms with Crippen molar-refractivity contribution in [3.05, 3.63) is 65.9 Å². The Bertz CT molecular complexity index is 1050. The SMILES string of the molecule is CC(C)c1nc(CNC(=O)c2ccc(-c3cc4ccccc4o3)nc2)no1. The average molecular weight is 362 g/mol. The normalized spacial score (nSPS) is 11.2. The topological polar surface area (TPSA) is 94.1 Å². The highest BCUT2D eigenvalue weighted by molar-refractivity contribution is 5.94. The molecule has 0 bridgehead atoms. The largest absolute Gasteiger partial charge is 0.454 e. The van der Waals surface area contributed by atoms with Gasteiger partial charge in [0.15, 0.2) is 11.6 Å². The van der Waals surface area contributed by atoms with Crippen molar-refractivity contribution in [1.29, 1.82) is 0 Å². The molecule has 0 fully saturated rings. The van der Waals surface area contributed by atoms with Gasteiger partial charge < -0.3 is 14.3 Å². The van der Waals surface area contributed by atoms with Crippen LogP contribution in [-0.2, 0) is 6.54 Å². The van der Waals surface area contributed by atoms with Crippen LogP contribution < -0.4 is 5.32 Å². The molecule has 0 aliphatic heterocycles. The zero-order valence-electron chi connectivity index (χ0n) is 15.0. The summed E-state index contributed by atoms with van der Waals surface area (Å²) in [6.07, 6.45) is 1.52. The Morgan fingerprint density at radius 3 is 2.74 bits per heavy atom. The summed E-state index contributed by atoms with van der Waals surface area (Å²) in [6, 6.07) is 13.2. The molecule has 0 radical (unpaired) electrons. The summed E-state index contributed by atoms with van der Waals surface area (Å²) in [5, 5.41) is 7.62. The summed E-state index contributed by atoms with van der Waals surface area (Å²) >= 11 is 0. The number of pyridine rings is 1. The maximum absolute atomic E-state index is 12.3. The van der Waals surface area contributed by atoms with Crippen LogP contribution in [0.5, 0.6) is 0 Å². The van der Waals surface area contributed by atoms with Crippen LogP contribution in [-0.4, -0.2) is 21.0 Å². The van der Waals surface area contributed by atoms with E-state index in [2.05, 4.69) is 20.4 Å². The maximum atomic E-state index is 12.3. The summed E-state index contributed by atoms with van der Waals surface area (Å²) in [5.74, 6) is 1.55. The number of furan rings is 1. The minimum atomic E-state index is -0.255.